The van der Waals surface area contributed by atoms with Gasteiger partial charge in [0.1, 0.15) is 16.7 Å². The zero-order valence-corrected chi connectivity index (χ0v) is 22.3. The molecule has 0 bridgehead atoms. The Morgan fingerprint density at radius 3 is 2.47 bits per heavy atom. The monoisotopic (exact) mass is 557 g/mol. The Hall–Kier alpha value is -2.84. The molecule has 1 heterocycles. The molecule has 1 atom stereocenters. The van der Waals surface area contributed by atoms with Crippen LogP contribution in [0.15, 0.2) is 77.7 Å². The van der Waals surface area contributed by atoms with Gasteiger partial charge in [-0.1, -0.05) is 95.7 Å². The average Bonchev–Trinajstić information content (AvgIpc) is 3.13. The number of nitrogens with zero attached hydrogens (tertiary/aromatic N) is 1. The molecule has 0 aromatic heterocycles. The van der Waals surface area contributed by atoms with E-state index in [0.29, 0.717) is 37.2 Å². The molecule has 1 fully saturated rings. The van der Waals surface area contributed by atoms with Crippen molar-refractivity contribution in [3.05, 3.63) is 104 Å². The third-order valence-corrected chi connectivity index (χ3v) is 7.21. The summed E-state index contributed by atoms with van der Waals surface area (Å²) in [5.74, 6) is -0.217. The average molecular weight is 559 g/mol. The Morgan fingerprint density at radius 1 is 1.08 bits per heavy atom. The molecule has 184 valence electrons. The van der Waals surface area contributed by atoms with Gasteiger partial charge in [-0.05, 0) is 48.4 Å². The van der Waals surface area contributed by atoms with E-state index in [4.69, 9.17) is 44.9 Å². The first-order valence-corrected chi connectivity index (χ1v) is 13.0. The maximum atomic E-state index is 13.3. The minimum Gasteiger partial charge on any atom is -0.489 e. The molecule has 4 rings (SSSR count). The van der Waals surface area contributed by atoms with Crippen molar-refractivity contribution in [1.29, 1.82) is 0 Å². The van der Waals surface area contributed by atoms with E-state index in [1.807, 2.05) is 36.4 Å². The van der Waals surface area contributed by atoms with Gasteiger partial charge in [0.25, 0.3) is 5.91 Å². The van der Waals surface area contributed by atoms with Crippen molar-refractivity contribution in [2.24, 2.45) is 0 Å². The van der Waals surface area contributed by atoms with Gasteiger partial charge in [0.15, 0.2) is 6.04 Å². The van der Waals surface area contributed by atoms with Gasteiger partial charge in [-0.25, -0.2) is 4.79 Å². The molecule has 1 aliphatic heterocycles. The Labute approximate surface area is 229 Å². The number of esters is 1. The van der Waals surface area contributed by atoms with Gasteiger partial charge in [-0.15, -0.1) is 0 Å². The van der Waals surface area contributed by atoms with Crippen molar-refractivity contribution in [2.45, 2.75) is 19.6 Å². The zero-order chi connectivity index (χ0) is 25.7. The fourth-order valence-electron chi connectivity index (χ4n) is 3.56. The maximum Gasteiger partial charge on any atom is 0.333 e. The van der Waals surface area contributed by atoms with E-state index in [9.17, 15) is 9.59 Å². The third kappa shape index (κ3) is 6.10. The second-order valence-electron chi connectivity index (χ2n) is 7.71. The number of benzene rings is 3. The van der Waals surface area contributed by atoms with Crippen LogP contribution in [-0.4, -0.2) is 27.7 Å². The molecule has 1 unspecified atom stereocenters. The lowest BCUT2D eigenvalue weighted by Crippen LogP contribution is -2.38. The fraction of sp³-hybridized carbons (Fsp3) is 0.148. The number of hydrogen-bond donors (Lipinski definition) is 0. The highest BCUT2D eigenvalue weighted by Crippen LogP contribution is 2.39. The van der Waals surface area contributed by atoms with Crippen molar-refractivity contribution < 1.29 is 19.1 Å². The molecule has 3 aromatic carbocycles. The number of halogens is 2. The van der Waals surface area contributed by atoms with Crippen LogP contribution in [-0.2, 0) is 20.9 Å². The molecule has 3 aromatic rings. The number of ether oxygens (including phenoxy) is 2. The maximum absolute atomic E-state index is 13.3. The van der Waals surface area contributed by atoms with Gasteiger partial charge < -0.3 is 9.47 Å². The summed E-state index contributed by atoms with van der Waals surface area (Å²) >= 11 is 18.8. The summed E-state index contributed by atoms with van der Waals surface area (Å²) < 4.78 is 11.4. The molecule has 0 aliphatic carbocycles. The summed E-state index contributed by atoms with van der Waals surface area (Å²) in [7, 11) is 0. The summed E-state index contributed by atoms with van der Waals surface area (Å²) in [5, 5.41) is 1.11. The number of thiocarbonyl (C=S) groups is 1. The lowest BCUT2D eigenvalue weighted by molar-refractivity contribution is -0.151. The molecular formula is C27H21Cl2NO4S2. The van der Waals surface area contributed by atoms with Gasteiger partial charge >= 0.3 is 5.97 Å². The topological polar surface area (TPSA) is 55.8 Å². The Balaban J connectivity index is 1.49. The molecule has 0 spiro atoms. The quantitative estimate of drug-likeness (QED) is 0.167. The van der Waals surface area contributed by atoms with E-state index in [0.717, 1.165) is 22.9 Å². The lowest BCUT2D eigenvalue weighted by Gasteiger charge is -2.25. The van der Waals surface area contributed by atoms with Gasteiger partial charge in [0.05, 0.1) is 11.5 Å². The highest BCUT2D eigenvalue weighted by Gasteiger charge is 2.42. The lowest BCUT2D eigenvalue weighted by atomic mass is 10.1. The van der Waals surface area contributed by atoms with Crippen molar-refractivity contribution >= 4 is 69.5 Å². The Morgan fingerprint density at radius 2 is 1.81 bits per heavy atom. The van der Waals surface area contributed by atoms with E-state index in [2.05, 4.69) is 0 Å². The number of hydrogen-bond acceptors (Lipinski definition) is 6. The van der Waals surface area contributed by atoms with Crippen LogP contribution in [0.1, 0.15) is 29.7 Å². The molecular weight excluding hydrogens is 537 g/mol. The van der Waals surface area contributed by atoms with Crippen molar-refractivity contribution in [2.75, 3.05) is 6.61 Å². The second kappa shape index (κ2) is 11.9. The summed E-state index contributed by atoms with van der Waals surface area (Å²) in [4.78, 5) is 27.9. The van der Waals surface area contributed by atoms with Gasteiger partial charge in [-0.2, -0.15) is 0 Å². The molecule has 0 N–H and O–H groups in total. The first kappa shape index (κ1) is 26.2. The van der Waals surface area contributed by atoms with E-state index >= 15 is 0 Å². The SMILES string of the molecule is CCOC(=O)C(c1ccccc1)N1C(=O)/C(=C/c2ccc(OCc3ccc(Cl)cc3Cl)cc2)SC1=S. The van der Waals surface area contributed by atoms with E-state index in [-0.39, 0.29) is 12.5 Å². The van der Waals surface area contributed by atoms with Crippen LogP contribution in [0.4, 0.5) is 0 Å². The normalized spacial score (nSPS) is 15.3. The number of thioether (sulfide) groups is 1. The van der Waals surface area contributed by atoms with Crippen LogP contribution in [0, 0.1) is 0 Å². The molecule has 5 nitrogen and oxygen atoms in total. The van der Waals surface area contributed by atoms with Crippen molar-refractivity contribution in [3.8, 4) is 5.75 Å². The van der Waals surface area contributed by atoms with Gasteiger partial charge in [-0.3, -0.25) is 9.69 Å². The summed E-state index contributed by atoms with van der Waals surface area (Å²) in [6.45, 7) is 2.22. The molecule has 0 saturated carbocycles. The van der Waals surface area contributed by atoms with Crippen molar-refractivity contribution in [3.63, 3.8) is 0 Å². The molecule has 1 aliphatic rings. The molecule has 0 radical (unpaired) electrons. The van der Waals surface area contributed by atoms with Crippen molar-refractivity contribution in [1.82, 2.24) is 4.90 Å². The fourth-order valence-corrected chi connectivity index (χ4v) is 5.34. The minimum absolute atomic E-state index is 0.200. The predicted molar refractivity (Wildman–Crippen MR) is 148 cm³/mol. The first-order valence-electron chi connectivity index (χ1n) is 11.0. The molecule has 9 heteroatoms. The predicted octanol–water partition coefficient (Wildman–Crippen LogP) is 7.08. The number of carbonyl (C=O) groups excluding carboxylic acids is 2. The first-order chi connectivity index (χ1) is 17.4. The zero-order valence-electron chi connectivity index (χ0n) is 19.1. The number of carbonyl (C=O) groups is 2. The van der Waals surface area contributed by atoms with Crippen LogP contribution in [0.2, 0.25) is 10.0 Å². The van der Waals surface area contributed by atoms with E-state index in [1.54, 1.807) is 49.4 Å². The largest absolute Gasteiger partial charge is 0.489 e. The third-order valence-electron chi connectivity index (χ3n) is 5.29. The number of rotatable bonds is 8. The summed E-state index contributed by atoms with van der Waals surface area (Å²) in [5.41, 5.74) is 2.25. The van der Waals surface area contributed by atoms with Crippen LogP contribution < -0.4 is 4.74 Å². The minimum atomic E-state index is -0.944. The van der Waals surface area contributed by atoms with Crippen LogP contribution >= 0.6 is 47.2 Å². The smallest absolute Gasteiger partial charge is 0.333 e. The second-order valence-corrected chi connectivity index (χ2v) is 10.2. The number of amides is 1. The molecule has 1 amide bonds. The standard InChI is InChI=1S/C27H21Cl2NO4S2/c1-2-33-26(32)24(18-6-4-3-5-7-18)30-25(31)23(36-27(30)35)14-17-8-12-21(13-9-17)34-16-19-10-11-20(28)15-22(19)29/h3-15,24H,2,16H2,1H3/b23-14-. The van der Waals surface area contributed by atoms with Crippen LogP contribution in [0.25, 0.3) is 6.08 Å². The van der Waals surface area contributed by atoms with E-state index in [1.165, 1.54) is 4.90 Å². The Bertz CT molecular complexity index is 1310. The molecule has 1 saturated heterocycles. The summed E-state index contributed by atoms with van der Waals surface area (Å²) in [6.07, 6.45) is 1.74. The Kier molecular flexibility index (Phi) is 8.69. The summed E-state index contributed by atoms with van der Waals surface area (Å²) in [6, 6.07) is 20.6. The van der Waals surface area contributed by atoms with Crippen LogP contribution in [0.3, 0.4) is 0 Å². The van der Waals surface area contributed by atoms with Gasteiger partial charge in [0.2, 0.25) is 0 Å². The highest BCUT2D eigenvalue weighted by atomic mass is 35.5. The highest BCUT2D eigenvalue weighted by molar-refractivity contribution is 8.26. The van der Waals surface area contributed by atoms with Crippen LogP contribution in [0.5, 0.6) is 5.75 Å². The van der Waals surface area contributed by atoms with Gasteiger partial charge in [0, 0.05) is 15.6 Å². The van der Waals surface area contributed by atoms with E-state index < -0.39 is 12.0 Å². The molecule has 36 heavy (non-hydrogen) atoms.